The van der Waals surface area contributed by atoms with Gasteiger partial charge in [0.25, 0.3) is 0 Å². The number of pyridine rings is 1. The summed E-state index contributed by atoms with van der Waals surface area (Å²) >= 11 is 0. The summed E-state index contributed by atoms with van der Waals surface area (Å²) < 4.78 is 11.1. The Balaban J connectivity index is 1.88. The Hall–Kier alpha value is -1.17. The summed E-state index contributed by atoms with van der Waals surface area (Å²) in [6.45, 7) is 2.12. The van der Waals surface area contributed by atoms with Crippen LogP contribution in [0.3, 0.4) is 0 Å². The summed E-state index contributed by atoms with van der Waals surface area (Å²) in [4.78, 5) is 4.12. The van der Waals surface area contributed by atoms with Gasteiger partial charge in [-0.2, -0.15) is 0 Å². The van der Waals surface area contributed by atoms with Crippen molar-refractivity contribution in [1.82, 2.24) is 4.98 Å². The molecule has 2 rings (SSSR count). The molecule has 1 fully saturated rings. The van der Waals surface area contributed by atoms with Crippen LogP contribution in [0.1, 0.15) is 18.4 Å². The molecule has 0 unspecified atom stereocenters. The van der Waals surface area contributed by atoms with Crippen LogP contribution in [0.5, 0.6) is 0 Å². The SMILES string of the molecule is NNc1ncccc1COC1CCOCC1. The molecule has 1 aliphatic rings. The number of rotatable bonds is 4. The molecular weight excluding hydrogens is 206 g/mol. The third-order valence-electron chi connectivity index (χ3n) is 2.67. The number of ether oxygens (including phenoxy) is 2. The monoisotopic (exact) mass is 223 g/mol. The molecule has 1 aliphatic heterocycles. The number of hydrazine groups is 1. The van der Waals surface area contributed by atoms with Gasteiger partial charge in [-0.15, -0.1) is 0 Å². The van der Waals surface area contributed by atoms with Crippen molar-refractivity contribution in [2.24, 2.45) is 5.84 Å². The third kappa shape index (κ3) is 2.91. The van der Waals surface area contributed by atoms with Gasteiger partial charge in [-0.05, 0) is 18.9 Å². The van der Waals surface area contributed by atoms with E-state index in [2.05, 4.69) is 10.4 Å². The van der Waals surface area contributed by atoms with Crippen LogP contribution in [0.25, 0.3) is 0 Å². The lowest BCUT2D eigenvalue weighted by molar-refractivity contribution is -0.0389. The van der Waals surface area contributed by atoms with Gasteiger partial charge in [-0.1, -0.05) is 6.07 Å². The van der Waals surface area contributed by atoms with Gasteiger partial charge in [-0.25, -0.2) is 10.8 Å². The minimum Gasteiger partial charge on any atom is -0.381 e. The van der Waals surface area contributed by atoms with E-state index in [1.54, 1.807) is 6.20 Å². The van der Waals surface area contributed by atoms with Crippen molar-refractivity contribution in [3.05, 3.63) is 23.9 Å². The lowest BCUT2D eigenvalue weighted by Crippen LogP contribution is -2.23. The quantitative estimate of drug-likeness (QED) is 0.590. The van der Waals surface area contributed by atoms with E-state index >= 15 is 0 Å². The second-order valence-electron chi connectivity index (χ2n) is 3.78. The molecule has 3 N–H and O–H groups in total. The van der Waals surface area contributed by atoms with Crippen LogP contribution in [0.4, 0.5) is 5.82 Å². The van der Waals surface area contributed by atoms with Crippen LogP contribution in [-0.4, -0.2) is 24.3 Å². The fourth-order valence-corrected chi connectivity index (χ4v) is 1.74. The first-order chi connectivity index (χ1) is 7.90. The van der Waals surface area contributed by atoms with Gasteiger partial charge in [0, 0.05) is 25.0 Å². The molecule has 5 heteroatoms. The molecule has 0 aromatic carbocycles. The highest BCUT2D eigenvalue weighted by molar-refractivity contribution is 5.41. The molecule has 0 saturated carbocycles. The van der Waals surface area contributed by atoms with Gasteiger partial charge in [0.1, 0.15) is 5.82 Å². The number of hydrogen-bond acceptors (Lipinski definition) is 5. The molecular formula is C11H17N3O2. The van der Waals surface area contributed by atoms with E-state index in [4.69, 9.17) is 15.3 Å². The fraction of sp³-hybridized carbons (Fsp3) is 0.545. The number of nitrogen functional groups attached to an aromatic ring is 1. The number of anilines is 1. The maximum Gasteiger partial charge on any atom is 0.145 e. The highest BCUT2D eigenvalue weighted by Gasteiger charge is 2.14. The molecule has 16 heavy (non-hydrogen) atoms. The number of nitrogens with two attached hydrogens (primary N) is 1. The summed E-state index contributed by atoms with van der Waals surface area (Å²) in [5, 5.41) is 0. The molecule has 1 aromatic heterocycles. The topological polar surface area (TPSA) is 69.4 Å². The number of nitrogens with one attached hydrogen (secondary N) is 1. The average molecular weight is 223 g/mol. The Bertz CT molecular complexity index is 327. The Kier molecular flexibility index (Phi) is 4.10. The van der Waals surface area contributed by atoms with E-state index < -0.39 is 0 Å². The van der Waals surface area contributed by atoms with E-state index in [1.165, 1.54) is 0 Å². The molecule has 1 saturated heterocycles. The smallest absolute Gasteiger partial charge is 0.145 e. The molecule has 5 nitrogen and oxygen atoms in total. The van der Waals surface area contributed by atoms with E-state index in [0.717, 1.165) is 31.6 Å². The average Bonchev–Trinajstić information content (AvgIpc) is 2.38. The Labute approximate surface area is 94.9 Å². The Morgan fingerprint density at radius 2 is 2.31 bits per heavy atom. The van der Waals surface area contributed by atoms with Gasteiger partial charge in [0.15, 0.2) is 0 Å². The zero-order valence-corrected chi connectivity index (χ0v) is 9.19. The summed E-state index contributed by atoms with van der Waals surface area (Å²) in [5.41, 5.74) is 3.55. The van der Waals surface area contributed by atoms with Crippen LogP contribution < -0.4 is 11.3 Å². The van der Waals surface area contributed by atoms with Gasteiger partial charge < -0.3 is 14.9 Å². The molecule has 0 spiro atoms. The molecule has 0 bridgehead atoms. The van der Waals surface area contributed by atoms with Crippen molar-refractivity contribution < 1.29 is 9.47 Å². The predicted octanol–water partition coefficient (Wildman–Crippen LogP) is 1.06. The molecule has 2 heterocycles. The fourth-order valence-electron chi connectivity index (χ4n) is 1.74. The van der Waals surface area contributed by atoms with Gasteiger partial charge in [0.05, 0.1) is 12.7 Å². The van der Waals surface area contributed by atoms with Crippen LogP contribution in [-0.2, 0) is 16.1 Å². The van der Waals surface area contributed by atoms with Gasteiger partial charge in [-0.3, -0.25) is 0 Å². The van der Waals surface area contributed by atoms with Crippen LogP contribution >= 0.6 is 0 Å². The normalized spacial score (nSPS) is 17.3. The predicted molar refractivity (Wildman–Crippen MR) is 60.7 cm³/mol. The van der Waals surface area contributed by atoms with Crippen molar-refractivity contribution in [1.29, 1.82) is 0 Å². The van der Waals surface area contributed by atoms with E-state index in [0.29, 0.717) is 18.5 Å². The maximum absolute atomic E-state index is 5.80. The van der Waals surface area contributed by atoms with Crippen molar-refractivity contribution >= 4 is 5.82 Å². The summed E-state index contributed by atoms with van der Waals surface area (Å²) in [6.07, 6.45) is 3.92. The lowest BCUT2D eigenvalue weighted by atomic mass is 10.1. The maximum atomic E-state index is 5.80. The first kappa shape index (κ1) is 11.3. The van der Waals surface area contributed by atoms with Crippen molar-refractivity contribution in [3.8, 4) is 0 Å². The summed E-state index contributed by atoms with van der Waals surface area (Å²) in [7, 11) is 0. The van der Waals surface area contributed by atoms with Crippen LogP contribution in [0.2, 0.25) is 0 Å². The van der Waals surface area contributed by atoms with Crippen molar-refractivity contribution in [3.63, 3.8) is 0 Å². The van der Waals surface area contributed by atoms with Crippen molar-refractivity contribution in [2.45, 2.75) is 25.6 Å². The largest absolute Gasteiger partial charge is 0.381 e. The van der Waals surface area contributed by atoms with Crippen LogP contribution in [0.15, 0.2) is 18.3 Å². The third-order valence-corrected chi connectivity index (χ3v) is 2.67. The molecule has 1 aromatic rings. The molecule has 0 amide bonds. The lowest BCUT2D eigenvalue weighted by Gasteiger charge is -2.22. The minimum absolute atomic E-state index is 0.291. The number of hydrogen-bond donors (Lipinski definition) is 2. The highest BCUT2D eigenvalue weighted by atomic mass is 16.5. The second kappa shape index (κ2) is 5.79. The molecule has 0 radical (unpaired) electrons. The molecule has 0 aliphatic carbocycles. The Morgan fingerprint density at radius 3 is 3.06 bits per heavy atom. The molecule has 0 atom stereocenters. The first-order valence-electron chi connectivity index (χ1n) is 5.50. The zero-order chi connectivity index (χ0) is 11.2. The van der Waals surface area contributed by atoms with E-state index in [9.17, 15) is 0 Å². The van der Waals surface area contributed by atoms with E-state index in [-0.39, 0.29) is 0 Å². The van der Waals surface area contributed by atoms with Gasteiger partial charge in [0.2, 0.25) is 0 Å². The summed E-state index contributed by atoms with van der Waals surface area (Å²) in [6, 6.07) is 3.84. The van der Waals surface area contributed by atoms with Crippen molar-refractivity contribution in [2.75, 3.05) is 18.6 Å². The van der Waals surface area contributed by atoms with E-state index in [1.807, 2.05) is 12.1 Å². The first-order valence-corrected chi connectivity index (χ1v) is 5.50. The highest BCUT2D eigenvalue weighted by Crippen LogP contribution is 2.16. The standard InChI is InChI=1S/C11H17N3O2/c12-14-11-9(2-1-5-13-11)8-16-10-3-6-15-7-4-10/h1-2,5,10H,3-4,6-8,12H2,(H,13,14). The number of aromatic nitrogens is 1. The second-order valence-corrected chi connectivity index (χ2v) is 3.78. The Morgan fingerprint density at radius 1 is 1.50 bits per heavy atom. The summed E-state index contributed by atoms with van der Waals surface area (Å²) in [5.74, 6) is 6.05. The zero-order valence-electron chi connectivity index (χ0n) is 9.19. The molecule has 88 valence electrons. The van der Waals surface area contributed by atoms with Gasteiger partial charge >= 0.3 is 0 Å². The minimum atomic E-state index is 0.291. The number of nitrogens with zero attached hydrogens (tertiary/aromatic N) is 1. The van der Waals surface area contributed by atoms with Crippen LogP contribution in [0, 0.1) is 0 Å².